The van der Waals surface area contributed by atoms with Crippen LogP contribution >= 0.6 is 22.6 Å². The van der Waals surface area contributed by atoms with E-state index in [0.29, 0.717) is 0 Å². The van der Waals surface area contributed by atoms with Gasteiger partial charge in [0.2, 0.25) is 11.5 Å². The van der Waals surface area contributed by atoms with E-state index < -0.39 is 11.8 Å². The Kier molecular flexibility index (Phi) is 5.60. The Hall–Kier alpha value is -0.660. The van der Waals surface area contributed by atoms with Gasteiger partial charge in [-0.15, -0.1) is 0 Å². The van der Waals surface area contributed by atoms with Crippen molar-refractivity contribution in [2.75, 3.05) is 18.6 Å². The molecule has 0 spiro atoms. The molecule has 0 N–H and O–H groups in total. The molecule has 0 saturated carbocycles. The molecule has 0 unspecified atom stereocenters. The fourth-order valence-corrected chi connectivity index (χ4v) is 0.815. The van der Waals surface area contributed by atoms with Crippen molar-refractivity contribution in [3.05, 3.63) is 0 Å². The van der Waals surface area contributed by atoms with Gasteiger partial charge in [-0.1, -0.05) is 27.7 Å². The second-order valence-corrected chi connectivity index (χ2v) is 2.43. The number of carbonyl (C=O) groups excluding carboxylic acids is 2. The number of alkyl halides is 1. The van der Waals surface area contributed by atoms with Crippen molar-refractivity contribution in [3.63, 3.8) is 0 Å². The van der Waals surface area contributed by atoms with E-state index in [4.69, 9.17) is 0 Å². The van der Waals surface area contributed by atoms with Crippen LogP contribution in [-0.2, 0) is 19.2 Å². The van der Waals surface area contributed by atoms with Crippen LogP contribution in [0.2, 0.25) is 0 Å². The van der Waals surface area contributed by atoms with Gasteiger partial charge in [0.05, 0.1) is 11.5 Å². The highest BCUT2D eigenvalue weighted by molar-refractivity contribution is 14.1. The Morgan fingerprint density at radius 3 is 2.33 bits per heavy atom. The molecule has 68 valence electrons. The SMILES string of the molecule is CON=C(C(=O)CI)C(=O)OC. The van der Waals surface area contributed by atoms with E-state index in [-0.39, 0.29) is 10.1 Å². The molecule has 0 heterocycles. The number of nitrogens with zero attached hydrogens (tertiary/aromatic N) is 1. The number of halogens is 1. The van der Waals surface area contributed by atoms with E-state index in [2.05, 4.69) is 14.7 Å². The smallest absolute Gasteiger partial charge is 0.363 e. The second kappa shape index (κ2) is 5.92. The van der Waals surface area contributed by atoms with Crippen molar-refractivity contribution in [1.82, 2.24) is 0 Å². The van der Waals surface area contributed by atoms with Gasteiger partial charge in [-0.25, -0.2) is 4.79 Å². The maximum atomic E-state index is 11.0. The summed E-state index contributed by atoms with van der Waals surface area (Å²) in [7, 11) is 2.43. The second-order valence-electron chi connectivity index (χ2n) is 1.67. The lowest BCUT2D eigenvalue weighted by molar-refractivity contribution is -0.133. The molecule has 12 heavy (non-hydrogen) atoms. The molecule has 0 aromatic heterocycles. The fourth-order valence-electron chi connectivity index (χ4n) is 0.453. The highest BCUT2D eigenvalue weighted by atomic mass is 127. The number of hydrogen-bond acceptors (Lipinski definition) is 5. The molecular formula is C6H8INO4. The molecule has 0 fully saturated rings. The summed E-state index contributed by atoms with van der Waals surface area (Å²) in [6.45, 7) is 0. The quantitative estimate of drug-likeness (QED) is 0.184. The summed E-state index contributed by atoms with van der Waals surface area (Å²) in [6.07, 6.45) is 0. The third-order valence-electron chi connectivity index (χ3n) is 0.947. The lowest BCUT2D eigenvalue weighted by atomic mass is 10.3. The van der Waals surface area contributed by atoms with Crippen LogP contribution in [0.5, 0.6) is 0 Å². The first-order chi connectivity index (χ1) is 5.67. The summed E-state index contributed by atoms with van der Waals surface area (Å²) in [6, 6.07) is 0. The van der Waals surface area contributed by atoms with E-state index in [9.17, 15) is 9.59 Å². The van der Waals surface area contributed by atoms with Crippen LogP contribution in [0.15, 0.2) is 5.16 Å². The molecule has 0 aliphatic rings. The van der Waals surface area contributed by atoms with Gasteiger partial charge in [-0.2, -0.15) is 0 Å². The predicted molar refractivity (Wildman–Crippen MR) is 50.4 cm³/mol. The van der Waals surface area contributed by atoms with Crippen molar-refractivity contribution in [3.8, 4) is 0 Å². The molecule has 0 saturated heterocycles. The minimum Gasteiger partial charge on any atom is -0.464 e. The van der Waals surface area contributed by atoms with Crippen LogP contribution in [0, 0.1) is 0 Å². The van der Waals surface area contributed by atoms with Gasteiger partial charge in [0.15, 0.2) is 0 Å². The summed E-state index contributed by atoms with van der Waals surface area (Å²) < 4.78 is 4.48. The highest BCUT2D eigenvalue weighted by Gasteiger charge is 2.20. The van der Waals surface area contributed by atoms with Crippen LogP contribution in [0.1, 0.15) is 0 Å². The average molecular weight is 285 g/mol. The molecular weight excluding hydrogens is 277 g/mol. The zero-order chi connectivity index (χ0) is 9.56. The molecule has 0 bridgehead atoms. The van der Waals surface area contributed by atoms with Gasteiger partial charge in [0, 0.05) is 0 Å². The normalized spacial score (nSPS) is 10.8. The molecule has 0 aromatic rings. The van der Waals surface area contributed by atoms with Gasteiger partial charge in [0.1, 0.15) is 7.11 Å². The van der Waals surface area contributed by atoms with Crippen LogP contribution < -0.4 is 0 Å². The van der Waals surface area contributed by atoms with Gasteiger partial charge in [-0.3, -0.25) is 4.79 Å². The Morgan fingerprint density at radius 1 is 1.42 bits per heavy atom. The molecule has 0 aliphatic heterocycles. The summed E-state index contributed by atoms with van der Waals surface area (Å²) >= 11 is 1.82. The number of Topliss-reactive ketones (excluding diaryl/α,β-unsaturated/α-hetero) is 1. The van der Waals surface area contributed by atoms with E-state index in [1.54, 1.807) is 0 Å². The third kappa shape index (κ3) is 3.16. The number of ether oxygens (including phenoxy) is 1. The lowest BCUT2D eigenvalue weighted by Gasteiger charge is -1.98. The van der Waals surface area contributed by atoms with Gasteiger partial charge in [0.25, 0.3) is 0 Å². The van der Waals surface area contributed by atoms with Crippen molar-refractivity contribution < 1.29 is 19.2 Å². The van der Waals surface area contributed by atoms with Gasteiger partial charge in [-0.05, 0) is 0 Å². The molecule has 6 heteroatoms. The molecule has 5 nitrogen and oxygen atoms in total. The Balaban J connectivity index is 4.55. The standard InChI is InChI=1S/C6H8INO4/c1-11-6(10)5(8-12-2)4(9)3-7/h3H2,1-2H3. The summed E-state index contributed by atoms with van der Waals surface area (Å²) in [5.74, 6) is -1.19. The monoisotopic (exact) mass is 285 g/mol. The maximum Gasteiger partial charge on any atom is 0.363 e. The first kappa shape index (κ1) is 11.3. The van der Waals surface area contributed by atoms with Crippen molar-refractivity contribution in [2.24, 2.45) is 5.16 Å². The number of ketones is 1. The van der Waals surface area contributed by atoms with Crippen LogP contribution in [0.4, 0.5) is 0 Å². The summed E-state index contributed by atoms with van der Waals surface area (Å²) in [5, 5.41) is 3.25. The largest absolute Gasteiger partial charge is 0.464 e. The van der Waals surface area contributed by atoms with Gasteiger partial charge >= 0.3 is 5.97 Å². The molecule has 0 radical (unpaired) electrons. The van der Waals surface area contributed by atoms with E-state index in [0.717, 1.165) is 0 Å². The van der Waals surface area contributed by atoms with Crippen molar-refractivity contribution in [1.29, 1.82) is 0 Å². The topological polar surface area (TPSA) is 65.0 Å². The molecule has 0 aliphatic carbocycles. The zero-order valence-electron chi connectivity index (χ0n) is 6.67. The van der Waals surface area contributed by atoms with Crippen LogP contribution in [-0.4, -0.2) is 36.1 Å². The van der Waals surface area contributed by atoms with Crippen LogP contribution in [0.3, 0.4) is 0 Å². The van der Waals surface area contributed by atoms with Crippen molar-refractivity contribution >= 4 is 40.1 Å². The van der Waals surface area contributed by atoms with E-state index in [1.807, 2.05) is 22.6 Å². The number of rotatable bonds is 4. The average Bonchev–Trinajstić information content (AvgIpc) is 2.11. The molecule has 0 amide bonds. The first-order valence-corrected chi connectivity index (χ1v) is 4.48. The maximum absolute atomic E-state index is 11.0. The number of methoxy groups -OCH3 is 1. The van der Waals surface area contributed by atoms with E-state index in [1.165, 1.54) is 14.2 Å². The number of hydrogen-bond donors (Lipinski definition) is 0. The number of oxime groups is 1. The summed E-state index contributed by atoms with van der Waals surface area (Å²) in [4.78, 5) is 26.1. The van der Waals surface area contributed by atoms with Crippen molar-refractivity contribution in [2.45, 2.75) is 0 Å². The van der Waals surface area contributed by atoms with E-state index >= 15 is 0 Å². The highest BCUT2D eigenvalue weighted by Crippen LogP contribution is 1.92. The lowest BCUT2D eigenvalue weighted by Crippen LogP contribution is -2.26. The Bertz CT molecular complexity index is 196. The Labute approximate surface area is 83.2 Å². The molecule has 0 rings (SSSR count). The van der Waals surface area contributed by atoms with Gasteiger partial charge < -0.3 is 9.57 Å². The Morgan fingerprint density at radius 2 is 2.00 bits per heavy atom. The minimum atomic E-state index is -0.779. The molecule has 0 aromatic carbocycles. The number of esters is 1. The van der Waals surface area contributed by atoms with Crippen LogP contribution in [0.25, 0.3) is 0 Å². The fraction of sp³-hybridized carbons (Fsp3) is 0.500. The third-order valence-corrected chi connectivity index (χ3v) is 1.64. The number of carbonyl (C=O) groups is 2. The predicted octanol–water partition coefficient (Wildman–Crippen LogP) is 0.166. The summed E-state index contributed by atoms with van der Waals surface area (Å²) in [5.41, 5.74) is -0.311. The zero-order valence-corrected chi connectivity index (χ0v) is 8.82. The first-order valence-electron chi connectivity index (χ1n) is 2.96. The minimum absolute atomic E-state index is 0.162. The molecule has 0 atom stereocenters.